The van der Waals surface area contributed by atoms with E-state index in [1.807, 2.05) is 41.3 Å². The van der Waals surface area contributed by atoms with Crippen molar-refractivity contribution in [2.24, 2.45) is 20.0 Å². The summed E-state index contributed by atoms with van der Waals surface area (Å²) in [6, 6.07) is 19.9. The number of aryl methyl sites for hydroxylation is 1. The second kappa shape index (κ2) is 10.7. The van der Waals surface area contributed by atoms with E-state index in [-0.39, 0.29) is 22.7 Å². The molecular formula is C28H29N5O3S. The molecule has 0 radical (unpaired) electrons. The number of piperidine rings is 1. The Morgan fingerprint density at radius 1 is 0.919 bits per heavy atom. The van der Waals surface area contributed by atoms with E-state index in [9.17, 15) is 14.4 Å². The smallest absolute Gasteiger partial charge is 0.332 e. The molecule has 0 aliphatic carbocycles. The van der Waals surface area contributed by atoms with Gasteiger partial charge in [0.25, 0.3) is 5.56 Å². The van der Waals surface area contributed by atoms with Crippen LogP contribution in [0.25, 0.3) is 22.4 Å². The lowest BCUT2D eigenvalue weighted by atomic mass is 9.90. The highest BCUT2D eigenvalue weighted by atomic mass is 32.2. The zero-order valence-corrected chi connectivity index (χ0v) is 21.8. The number of likely N-dealkylation sites (tertiary alicyclic amines) is 1. The van der Waals surface area contributed by atoms with Crippen LogP contribution in [0, 0.1) is 5.92 Å². The van der Waals surface area contributed by atoms with Crippen LogP contribution in [-0.2, 0) is 25.3 Å². The van der Waals surface area contributed by atoms with Crippen molar-refractivity contribution in [1.82, 2.24) is 24.0 Å². The second-order valence-corrected chi connectivity index (χ2v) is 10.4. The second-order valence-electron chi connectivity index (χ2n) is 9.43. The fourth-order valence-electron chi connectivity index (χ4n) is 4.81. The predicted octanol–water partition coefficient (Wildman–Crippen LogP) is 3.27. The molecular weight excluding hydrogens is 486 g/mol. The van der Waals surface area contributed by atoms with E-state index in [0.717, 1.165) is 42.5 Å². The first kappa shape index (κ1) is 25.0. The van der Waals surface area contributed by atoms with Crippen LogP contribution in [0.15, 0.2) is 75.3 Å². The van der Waals surface area contributed by atoms with Crippen LogP contribution >= 0.6 is 11.8 Å². The summed E-state index contributed by atoms with van der Waals surface area (Å²) in [6.07, 6.45) is 2.99. The molecule has 2 aromatic heterocycles. The first-order chi connectivity index (χ1) is 17.9. The Labute approximate surface area is 219 Å². The van der Waals surface area contributed by atoms with Crippen LogP contribution in [0.1, 0.15) is 18.4 Å². The van der Waals surface area contributed by atoms with Crippen LogP contribution in [-0.4, -0.2) is 48.8 Å². The van der Waals surface area contributed by atoms with E-state index in [1.165, 1.54) is 28.9 Å². The third kappa shape index (κ3) is 5.22. The number of carbonyl (C=O) groups is 1. The molecule has 0 saturated carbocycles. The Hall–Kier alpha value is -3.72. The maximum Gasteiger partial charge on any atom is 0.332 e. The van der Waals surface area contributed by atoms with E-state index < -0.39 is 11.2 Å². The van der Waals surface area contributed by atoms with Gasteiger partial charge >= 0.3 is 5.69 Å². The fraction of sp³-hybridized carbons (Fsp3) is 0.321. The van der Waals surface area contributed by atoms with Crippen molar-refractivity contribution in [3.63, 3.8) is 0 Å². The number of rotatable bonds is 6. The Morgan fingerprint density at radius 3 is 2.24 bits per heavy atom. The summed E-state index contributed by atoms with van der Waals surface area (Å²) in [4.78, 5) is 49.9. The molecule has 0 N–H and O–H groups in total. The van der Waals surface area contributed by atoms with Crippen molar-refractivity contribution >= 4 is 28.7 Å². The number of benzene rings is 2. The molecule has 1 saturated heterocycles. The minimum atomic E-state index is -0.464. The Balaban J connectivity index is 1.36. The number of nitrogens with zero attached hydrogens (tertiary/aromatic N) is 5. The predicted molar refractivity (Wildman–Crippen MR) is 146 cm³/mol. The van der Waals surface area contributed by atoms with Gasteiger partial charge in [0.15, 0.2) is 11.5 Å². The topological polar surface area (TPSA) is 90.1 Å². The van der Waals surface area contributed by atoms with Crippen LogP contribution in [0.2, 0.25) is 0 Å². The number of fused-ring (bicyclic) bond motifs is 1. The third-order valence-electron chi connectivity index (χ3n) is 6.97. The van der Waals surface area contributed by atoms with E-state index in [1.54, 1.807) is 7.05 Å². The summed E-state index contributed by atoms with van der Waals surface area (Å²) >= 11 is 1.23. The molecule has 9 heteroatoms. The maximum absolute atomic E-state index is 13.1. The van der Waals surface area contributed by atoms with Gasteiger partial charge in [0.2, 0.25) is 5.91 Å². The Bertz CT molecular complexity index is 1540. The SMILES string of the molecule is Cn1c(=O)c2c(SCC(=O)N3CCC(Cc4ccccc4)CC3)nc(-c3ccccc3)nc2n(C)c1=O. The molecule has 8 nitrogen and oxygen atoms in total. The lowest BCUT2D eigenvalue weighted by Crippen LogP contribution is -2.40. The number of aromatic nitrogens is 4. The summed E-state index contributed by atoms with van der Waals surface area (Å²) in [6.45, 7) is 1.46. The standard InChI is InChI=1S/C28H29N5O3S/c1-31-25-23(27(35)32(2)28(31)36)26(30-24(29-25)21-11-7-4-8-12-21)37-18-22(34)33-15-13-20(14-16-33)17-19-9-5-3-6-10-19/h3-12,20H,13-18H2,1-2H3. The monoisotopic (exact) mass is 515 g/mol. The van der Waals surface area contributed by atoms with Gasteiger partial charge in [0.1, 0.15) is 10.4 Å². The molecule has 4 aromatic rings. The van der Waals surface area contributed by atoms with E-state index in [2.05, 4.69) is 34.2 Å². The molecule has 5 rings (SSSR count). The first-order valence-corrected chi connectivity index (χ1v) is 13.4. The average molecular weight is 516 g/mol. The largest absolute Gasteiger partial charge is 0.342 e. The number of hydrogen-bond acceptors (Lipinski definition) is 6. The van der Waals surface area contributed by atoms with Crippen molar-refractivity contribution < 1.29 is 4.79 Å². The minimum absolute atomic E-state index is 0.0258. The van der Waals surface area contributed by atoms with E-state index >= 15 is 0 Å². The molecule has 37 heavy (non-hydrogen) atoms. The number of hydrogen-bond donors (Lipinski definition) is 0. The summed E-state index contributed by atoms with van der Waals surface area (Å²) < 4.78 is 2.41. The zero-order chi connectivity index (χ0) is 25.9. The number of carbonyl (C=O) groups excluding carboxylic acids is 1. The summed E-state index contributed by atoms with van der Waals surface area (Å²) in [7, 11) is 3.03. The Kier molecular flexibility index (Phi) is 7.23. The van der Waals surface area contributed by atoms with Crippen molar-refractivity contribution in [2.75, 3.05) is 18.8 Å². The van der Waals surface area contributed by atoms with Gasteiger partial charge in [0.05, 0.1) is 5.75 Å². The van der Waals surface area contributed by atoms with Crippen LogP contribution in [0.5, 0.6) is 0 Å². The van der Waals surface area contributed by atoms with Crippen molar-refractivity contribution in [3.05, 3.63) is 87.1 Å². The zero-order valence-electron chi connectivity index (χ0n) is 21.0. The van der Waals surface area contributed by atoms with Crippen molar-refractivity contribution in [2.45, 2.75) is 24.3 Å². The number of amides is 1. The van der Waals surface area contributed by atoms with Gasteiger partial charge in [-0.3, -0.25) is 18.7 Å². The molecule has 0 unspecified atom stereocenters. The lowest BCUT2D eigenvalue weighted by molar-refractivity contribution is -0.129. The quantitative estimate of drug-likeness (QED) is 0.289. The van der Waals surface area contributed by atoms with Crippen LogP contribution in [0.4, 0.5) is 0 Å². The van der Waals surface area contributed by atoms with Gasteiger partial charge in [-0.05, 0) is 30.7 Å². The summed E-state index contributed by atoms with van der Waals surface area (Å²) in [5, 5.41) is 0.663. The van der Waals surface area contributed by atoms with Gasteiger partial charge < -0.3 is 4.90 Å². The summed E-state index contributed by atoms with van der Waals surface area (Å²) in [5.74, 6) is 1.17. The minimum Gasteiger partial charge on any atom is -0.342 e. The lowest BCUT2D eigenvalue weighted by Gasteiger charge is -2.32. The normalized spacial score (nSPS) is 14.3. The highest BCUT2D eigenvalue weighted by Crippen LogP contribution is 2.27. The molecule has 0 spiro atoms. The van der Waals surface area contributed by atoms with Gasteiger partial charge in [0, 0.05) is 32.7 Å². The molecule has 3 heterocycles. The van der Waals surface area contributed by atoms with E-state index in [0.29, 0.717) is 16.8 Å². The van der Waals surface area contributed by atoms with E-state index in [4.69, 9.17) is 0 Å². The highest BCUT2D eigenvalue weighted by Gasteiger charge is 2.24. The molecule has 0 atom stereocenters. The van der Waals surface area contributed by atoms with Crippen molar-refractivity contribution in [1.29, 1.82) is 0 Å². The Morgan fingerprint density at radius 2 is 1.57 bits per heavy atom. The molecule has 190 valence electrons. The first-order valence-electron chi connectivity index (χ1n) is 12.4. The van der Waals surface area contributed by atoms with Gasteiger partial charge in [-0.25, -0.2) is 14.8 Å². The van der Waals surface area contributed by atoms with Gasteiger partial charge in [-0.15, -0.1) is 0 Å². The molecule has 1 aliphatic rings. The average Bonchev–Trinajstić information content (AvgIpc) is 2.94. The molecule has 1 aliphatic heterocycles. The fourth-order valence-corrected chi connectivity index (χ4v) is 5.72. The molecule has 1 fully saturated rings. The van der Waals surface area contributed by atoms with Crippen LogP contribution < -0.4 is 11.2 Å². The van der Waals surface area contributed by atoms with Crippen molar-refractivity contribution in [3.8, 4) is 11.4 Å². The maximum atomic E-state index is 13.1. The molecule has 2 aromatic carbocycles. The number of thioether (sulfide) groups is 1. The third-order valence-corrected chi connectivity index (χ3v) is 7.93. The summed E-state index contributed by atoms with van der Waals surface area (Å²) in [5.41, 5.74) is 1.45. The van der Waals surface area contributed by atoms with Gasteiger partial charge in [-0.2, -0.15) is 0 Å². The molecule has 1 amide bonds. The van der Waals surface area contributed by atoms with Crippen LogP contribution in [0.3, 0.4) is 0 Å². The van der Waals surface area contributed by atoms with Gasteiger partial charge in [-0.1, -0.05) is 72.4 Å². The highest BCUT2D eigenvalue weighted by molar-refractivity contribution is 8.00. The molecule has 0 bridgehead atoms.